The zero-order valence-corrected chi connectivity index (χ0v) is 22.0. The Labute approximate surface area is 223 Å². The van der Waals surface area contributed by atoms with E-state index < -0.39 is 45.8 Å². The van der Waals surface area contributed by atoms with Crippen molar-refractivity contribution in [3.05, 3.63) is 88.9 Å². The highest BCUT2D eigenvalue weighted by atomic mass is 35.5. The molecule has 0 fully saturated rings. The van der Waals surface area contributed by atoms with Gasteiger partial charge in [0.2, 0.25) is 5.91 Å². The fraction of sp³-hybridized carbons (Fsp3) is 0.231. The average Bonchev–Trinajstić information content (AvgIpc) is 2.87. The van der Waals surface area contributed by atoms with Crippen LogP contribution in [0.15, 0.2) is 77.7 Å². The molecule has 2 N–H and O–H groups in total. The average molecular weight is 568 g/mol. The fourth-order valence-corrected chi connectivity index (χ4v) is 5.14. The molecular weight excluding hydrogens is 543 g/mol. The van der Waals surface area contributed by atoms with Gasteiger partial charge in [0, 0.05) is 6.04 Å². The second-order valence-electron chi connectivity index (χ2n) is 8.37. The molecule has 0 aliphatic heterocycles. The largest absolute Gasteiger partial charge is 0.416 e. The minimum absolute atomic E-state index is 0.102. The van der Waals surface area contributed by atoms with Crippen LogP contribution in [-0.4, -0.2) is 32.8 Å². The summed E-state index contributed by atoms with van der Waals surface area (Å²) in [5.74, 6) is -1.35. The molecule has 3 aromatic carbocycles. The maximum absolute atomic E-state index is 13.5. The molecule has 0 aliphatic rings. The Morgan fingerprint density at radius 2 is 1.63 bits per heavy atom. The highest BCUT2D eigenvalue weighted by molar-refractivity contribution is 7.92. The van der Waals surface area contributed by atoms with E-state index in [9.17, 15) is 31.2 Å². The van der Waals surface area contributed by atoms with Crippen molar-refractivity contribution in [2.45, 2.75) is 37.4 Å². The lowest BCUT2D eigenvalue weighted by Gasteiger charge is -2.26. The second kappa shape index (κ2) is 11.9. The van der Waals surface area contributed by atoms with Gasteiger partial charge in [0.1, 0.15) is 6.54 Å². The first-order chi connectivity index (χ1) is 17.8. The summed E-state index contributed by atoms with van der Waals surface area (Å²) in [5.41, 5.74) is -1.43. The summed E-state index contributed by atoms with van der Waals surface area (Å²) >= 11 is 6.15. The van der Waals surface area contributed by atoms with Crippen LogP contribution >= 0.6 is 11.6 Å². The first kappa shape index (κ1) is 29.0. The van der Waals surface area contributed by atoms with E-state index in [0.717, 1.165) is 6.07 Å². The quantitative estimate of drug-likeness (QED) is 0.346. The Hall–Kier alpha value is -3.57. The number of alkyl halides is 3. The van der Waals surface area contributed by atoms with E-state index in [-0.39, 0.29) is 27.2 Å². The molecule has 0 aromatic heterocycles. The Bertz CT molecular complexity index is 1420. The SMILES string of the molecule is CC[C@H](C)NC(=O)c1ccccc1NC(=O)CN(c1cc(C(F)(F)F)ccc1Cl)S(=O)(=O)c1ccccc1. The standard InChI is InChI=1S/C26H25ClF3N3O4S/c1-3-17(2)31-25(35)20-11-7-8-12-22(20)32-24(34)16-33(38(36,37)19-9-5-4-6-10-19)23-15-18(26(28,29)30)13-14-21(23)27/h4-15,17H,3,16H2,1-2H3,(H,31,35)(H,32,34)/t17-/m0/s1. The summed E-state index contributed by atoms with van der Waals surface area (Å²) < 4.78 is 67.8. The number of halogens is 4. The zero-order chi connectivity index (χ0) is 28.1. The van der Waals surface area contributed by atoms with Crippen molar-refractivity contribution < 1.29 is 31.2 Å². The molecule has 0 spiro atoms. The number of nitrogens with one attached hydrogen (secondary N) is 2. The molecule has 202 valence electrons. The van der Waals surface area contributed by atoms with Crippen LogP contribution in [-0.2, 0) is 21.0 Å². The van der Waals surface area contributed by atoms with Gasteiger partial charge in [-0.3, -0.25) is 13.9 Å². The van der Waals surface area contributed by atoms with E-state index in [4.69, 9.17) is 11.6 Å². The van der Waals surface area contributed by atoms with Gasteiger partial charge in [0.25, 0.3) is 15.9 Å². The normalized spacial score (nSPS) is 12.5. The van der Waals surface area contributed by atoms with Crippen molar-refractivity contribution in [3.8, 4) is 0 Å². The van der Waals surface area contributed by atoms with Gasteiger partial charge in [0.05, 0.1) is 32.4 Å². The van der Waals surface area contributed by atoms with E-state index in [1.165, 1.54) is 36.4 Å². The van der Waals surface area contributed by atoms with Crippen molar-refractivity contribution in [3.63, 3.8) is 0 Å². The lowest BCUT2D eigenvalue weighted by molar-refractivity contribution is -0.137. The van der Waals surface area contributed by atoms with Crippen LogP contribution in [0.3, 0.4) is 0 Å². The number of carbonyl (C=O) groups excluding carboxylic acids is 2. The van der Waals surface area contributed by atoms with Crippen LogP contribution in [0.25, 0.3) is 0 Å². The Kier molecular flexibility index (Phi) is 9.05. The Balaban J connectivity index is 2.01. The Morgan fingerprint density at radius 1 is 1.00 bits per heavy atom. The molecular formula is C26H25ClF3N3O4S. The summed E-state index contributed by atoms with van der Waals surface area (Å²) in [6.07, 6.45) is -4.12. The third kappa shape index (κ3) is 6.84. The topological polar surface area (TPSA) is 95.6 Å². The first-order valence-electron chi connectivity index (χ1n) is 11.5. The molecule has 0 bridgehead atoms. The molecule has 3 aromatic rings. The number of nitrogens with zero attached hydrogens (tertiary/aromatic N) is 1. The number of para-hydroxylation sites is 1. The summed E-state index contributed by atoms with van der Waals surface area (Å²) in [6, 6.07) is 15.1. The van der Waals surface area contributed by atoms with E-state index in [1.807, 2.05) is 13.8 Å². The highest BCUT2D eigenvalue weighted by Crippen LogP contribution is 2.37. The van der Waals surface area contributed by atoms with Gasteiger partial charge < -0.3 is 10.6 Å². The van der Waals surface area contributed by atoms with Crippen molar-refractivity contribution in [2.75, 3.05) is 16.2 Å². The lowest BCUT2D eigenvalue weighted by Crippen LogP contribution is -2.39. The molecule has 1 atom stereocenters. The van der Waals surface area contributed by atoms with Crippen LogP contribution in [0.1, 0.15) is 36.2 Å². The van der Waals surface area contributed by atoms with Crippen molar-refractivity contribution in [1.29, 1.82) is 0 Å². The minimum atomic E-state index is -4.79. The maximum Gasteiger partial charge on any atom is 0.416 e. The van der Waals surface area contributed by atoms with Gasteiger partial charge in [-0.15, -0.1) is 0 Å². The zero-order valence-electron chi connectivity index (χ0n) is 20.4. The number of carbonyl (C=O) groups is 2. The molecule has 38 heavy (non-hydrogen) atoms. The predicted octanol–water partition coefficient (Wildman–Crippen LogP) is 5.72. The molecule has 0 heterocycles. The van der Waals surface area contributed by atoms with Crippen LogP contribution < -0.4 is 14.9 Å². The first-order valence-corrected chi connectivity index (χ1v) is 13.3. The van der Waals surface area contributed by atoms with Gasteiger partial charge >= 0.3 is 6.18 Å². The molecule has 0 saturated heterocycles. The van der Waals surface area contributed by atoms with Crippen molar-refractivity contribution in [1.82, 2.24) is 5.32 Å². The highest BCUT2D eigenvalue weighted by Gasteiger charge is 2.34. The molecule has 0 unspecified atom stereocenters. The summed E-state index contributed by atoms with van der Waals surface area (Å²) in [6.45, 7) is 2.78. The number of benzene rings is 3. The van der Waals surface area contributed by atoms with Crippen LogP contribution in [0.5, 0.6) is 0 Å². The van der Waals surface area contributed by atoms with E-state index in [1.54, 1.807) is 18.2 Å². The van der Waals surface area contributed by atoms with Gasteiger partial charge in [0.15, 0.2) is 0 Å². The van der Waals surface area contributed by atoms with Crippen LogP contribution in [0.2, 0.25) is 5.02 Å². The molecule has 0 aliphatic carbocycles. The van der Waals surface area contributed by atoms with E-state index >= 15 is 0 Å². The molecule has 7 nitrogen and oxygen atoms in total. The molecule has 12 heteroatoms. The monoisotopic (exact) mass is 567 g/mol. The lowest BCUT2D eigenvalue weighted by atomic mass is 10.1. The molecule has 0 saturated carbocycles. The van der Waals surface area contributed by atoms with Gasteiger partial charge in [-0.05, 0) is 55.8 Å². The number of anilines is 2. The number of rotatable bonds is 9. The minimum Gasteiger partial charge on any atom is -0.350 e. The molecule has 0 radical (unpaired) electrons. The number of sulfonamides is 1. The smallest absolute Gasteiger partial charge is 0.350 e. The predicted molar refractivity (Wildman–Crippen MR) is 140 cm³/mol. The second-order valence-corrected chi connectivity index (χ2v) is 10.6. The number of hydrogen-bond acceptors (Lipinski definition) is 4. The number of hydrogen-bond donors (Lipinski definition) is 2. The van der Waals surface area contributed by atoms with Gasteiger partial charge in [-0.25, -0.2) is 8.42 Å². The maximum atomic E-state index is 13.5. The molecule has 3 rings (SSSR count). The number of amides is 2. The third-order valence-corrected chi connectivity index (χ3v) is 7.69. The van der Waals surface area contributed by atoms with E-state index in [0.29, 0.717) is 22.9 Å². The third-order valence-electron chi connectivity index (χ3n) is 5.60. The summed E-state index contributed by atoms with van der Waals surface area (Å²) in [4.78, 5) is 25.5. The fourth-order valence-electron chi connectivity index (χ4n) is 3.41. The van der Waals surface area contributed by atoms with Gasteiger partial charge in [-0.2, -0.15) is 13.2 Å². The van der Waals surface area contributed by atoms with Crippen LogP contribution in [0.4, 0.5) is 24.5 Å². The van der Waals surface area contributed by atoms with Crippen molar-refractivity contribution >= 4 is 44.8 Å². The summed E-state index contributed by atoms with van der Waals surface area (Å²) in [5, 5.41) is 4.97. The van der Waals surface area contributed by atoms with E-state index in [2.05, 4.69) is 10.6 Å². The summed E-state index contributed by atoms with van der Waals surface area (Å²) in [7, 11) is -4.53. The van der Waals surface area contributed by atoms with Crippen molar-refractivity contribution in [2.24, 2.45) is 0 Å². The Morgan fingerprint density at radius 3 is 2.26 bits per heavy atom. The van der Waals surface area contributed by atoms with Gasteiger partial charge in [-0.1, -0.05) is 48.9 Å². The van der Waals surface area contributed by atoms with Crippen LogP contribution in [0, 0.1) is 0 Å². The molecule has 2 amide bonds.